The van der Waals surface area contributed by atoms with Gasteiger partial charge in [0.2, 0.25) is 11.8 Å². The van der Waals surface area contributed by atoms with Gasteiger partial charge in [0, 0.05) is 0 Å². The van der Waals surface area contributed by atoms with E-state index in [0.29, 0.717) is 24.1 Å². The van der Waals surface area contributed by atoms with Crippen LogP contribution >= 0.6 is 0 Å². The minimum atomic E-state index is 0.315. The third-order valence-electron chi connectivity index (χ3n) is 2.64. The molecule has 0 radical (unpaired) electrons. The van der Waals surface area contributed by atoms with Crippen LogP contribution in [-0.2, 0) is 0 Å². The first-order chi connectivity index (χ1) is 8.85. The number of nitrogens with zero attached hydrogens (tertiary/aromatic N) is 3. The molecule has 18 heavy (non-hydrogen) atoms. The van der Waals surface area contributed by atoms with E-state index in [1.165, 1.54) is 12.8 Å². The maximum absolute atomic E-state index is 5.66. The van der Waals surface area contributed by atoms with E-state index in [0.717, 1.165) is 18.2 Å². The van der Waals surface area contributed by atoms with E-state index in [9.17, 15) is 0 Å². The summed E-state index contributed by atoms with van der Waals surface area (Å²) in [6, 6.07) is 0. The zero-order valence-electron chi connectivity index (χ0n) is 10.4. The van der Waals surface area contributed by atoms with Crippen LogP contribution in [0.3, 0.4) is 0 Å². The molecule has 0 aliphatic rings. The number of nitrogens with one attached hydrogen (secondary N) is 2. The number of fused-ring (bicyclic) bond motifs is 1. The van der Waals surface area contributed by atoms with Gasteiger partial charge < -0.3 is 4.74 Å². The molecule has 7 heteroatoms. The molecular formula is C11H18N6O. The van der Waals surface area contributed by atoms with Crippen molar-refractivity contribution in [2.75, 3.05) is 12.0 Å². The van der Waals surface area contributed by atoms with E-state index in [-0.39, 0.29) is 0 Å². The number of hydrazine groups is 1. The van der Waals surface area contributed by atoms with Crippen molar-refractivity contribution in [3.8, 4) is 5.88 Å². The van der Waals surface area contributed by atoms with E-state index < -0.39 is 0 Å². The van der Waals surface area contributed by atoms with Crippen LogP contribution in [-0.4, -0.2) is 26.8 Å². The third-order valence-corrected chi connectivity index (χ3v) is 2.64. The summed E-state index contributed by atoms with van der Waals surface area (Å²) in [5, 5.41) is 7.46. The van der Waals surface area contributed by atoms with E-state index in [1.807, 2.05) is 0 Å². The summed E-state index contributed by atoms with van der Waals surface area (Å²) in [5.41, 5.74) is 3.02. The van der Waals surface area contributed by atoms with Crippen molar-refractivity contribution in [3.63, 3.8) is 0 Å². The fourth-order valence-corrected chi connectivity index (χ4v) is 1.68. The smallest absolute Gasteiger partial charge is 0.242 e. The predicted octanol–water partition coefficient (Wildman–Crippen LogP) is 1.60. The Bertz CT molecular complexity index is 497. The van der Waals surface area contributed by atoms with Gasteiger partial charge in [0.05, 0.1) is 12.8 Å². The normalized spacial score (nSPS) is 10.8. The number of aromatic nitrogens is 4. The number of ether oxygens (including phenoxy) is 1. The maximum atomic E-state index is 5.66. The SMILES string of the molecule is CCCCCCOc1nc(NN)nc2[nH]ncc12. The summed E-state index contributed by atoms with van der Waals surface area (Å²) >= 11 is 0. The van der Waals surface area contributed by atoms with Gasteiger partial charge in [-0.05, 0) is 6.42 Å². The first-order valence-electron chi connectivity index (χ1n) is 6.15. The first-order valence-corrected chi connectivity index (χ1v) is 6.15. The molecule has 0 amide bonds. The molecule has 0 unspecified atom stereocenters. The summed E-state index contributed by atoms with van der Waals surface area (Å²) in [4.78, 5) is 8.31. The summed E-state index contributed by atoms with van der Waals surface area (Å²) in [5.74, 6) is 6.14. The minimum absolute atomic E-state index is 0.315. The van der Waals surface area contributed by atoms with E-state index >= 15 is 0 Å². The number of aromatic amines is 1. The molecule has 0 spiro atoms. The summed E-state index contributed by atoms with van der Waals surface area (Å²) < 4.78 is 5.66. The average Bonchev–Trinajstić information content (AvgIpc) is 2.86. The highest BCUT2D eigenvalue weighted by Crippen LogP contribution is 2.21. The molecule has 2 aromatic heterocycles. The molecule has 2 aromatic rings. The Balaban J connectivity index is 2.04. The molecule has 98 valence electrons. The molecule has 0 fully saturated rings. The highest BCUT2D eigenvalue weighted by molar-refractivity contribution is 5.80. The van der Waals surface area contributed by atoms with E-state index in [1.54, 1.807) is 6.20 Å². The fourth-order valence-electron chi connectivity index (χ4n) is 1.68. The van der Waals surface area contributed by atoms with E-state index in [4.69, 9.17) is 10.6 Å². The Hall–Kier alpha value is -1.89. The molecule has 4 N–H and O–H groups in total. The third kappa shape index (κ3) is 2.86. The molecule has 2 rings (SSSR count). The summed E-state index contributed by atoms with van der Waals surface area (Å²) in [7, 11) is 0. The van der Waals surface area contributed by atoms with Crippen molar-refractivity contribution in [3.05, 3.63) is 6.20 Å². The van der Waals surface area contributed by atoms with Gasteiger partial charge in [-0.1, -0.05) is 26.2 Å². The second-order valence-electron chi connectivity index (χ2n) is 4.04. The number of hydrogen-bond acceptors (Lipinski definition) is 6. The fraction of sp³-hybridized carbons (Fsp3) is 0.545. The summed E-state index contributed by atoms with van der Waals surface area (Å²) in [6.45, 7) is 2.82. The van der Waals surface area contributed by atoms with Gasteiger partial charge in [-0.15, -0.1) is 0 Å². The van der Waals surface area contributed by atoms with Crippen LogP contribution in [0.15, 0.2) is 6.20 Å². The highest BCUT2D eigenvalue weighted by Gasteiger charge is 2.09. The monoisotopic (exact) mass is 250 g/mol. The number of unbranched alkanes of at least 4 members (excludes halogenated alkanes) is 3. The van der Waals surface area contributed by atoms with Crippen molar-refractivity contribution < 1.29 is 4.74 Å². The lowest BCUT2D eigenvalue weighted by Crippen LogP contribution is -2.11. The second-order valence-corrected chi connectivity index (χ2v) is 4.04. The Morgan fingerprint density at radius 2 is 2.22 bits per heavy atom. The number of hydrogen-bond donors (Lipinski definition) is 3. The number of anilines is 1. The molecule has 0 aromatic carbocycles. The number of H-pyrrole nitrogens is 1. The van der Waals surface area contributed by atoms with Gasteiger partial charge in [-0.2, -0.15) is 15.1 Å². The van der Waals surface area contributed by atoms with Gasteiger partial charge in [-0.3, -0.25) is 10.5 Å². The lowest BCUT2D eigenvalue weighted by Gasteiger charge is -2.07. The van der Waals surface area contributed by atoms with Crippen molar-refractivity contribution in [2.24, 2.45) is 5.84 Å². The van der Waals surface area contributed by atoms with Gasteiger partial charge in [0.25, 0.3) is 0 Å². The Labute approximate surface area is 105 Å². The van der Waals surface area contributed by atoms with Gasteiger partial charge in [0.1, 0.15) is 5.39 Å². The zero-order valence-corrected chi connectivity index (χ0v) is 10.4. The average molecular weight is 250 g/mol. The van der Waals surface area contributed by atoms with Crippen molar-refractivity contribution in [1.29, 1.82) is 0 Å². The van der Waals surface area contributed by atoms with Crippen LogP contribution in [0, 0.1) is 0 Å². The minimum Gasteiger partial charge on any atom is -0.477 e. The topological polar surface area (TPSA) is 102 Å². The van der Waals surface area contributed by atoms with Crippen LogP contribution in [0.5, 0.6) is 5.88 Å². The molecule has 0 aliphatic carbocycles. The zero-order chi connectivity index (χ0) is 12.8. The molecular weight excluding hydrogens is 232 g/mol. The quantitative estimate of drug-likeness (QED) is 0.392. The molecule has 7 nitrogen and oxygen atoms in total. The number of nitrogen functional groups attached to an aromatic ring is 1. The van der Waals surface area contributed by atoms with Crippen LogP contribution in [0.2, 0.25) is 0 Å². The van der Waals surface area contributed by atoms with Crippen molar-refractivity contribution in [1.82, 2.24) is 20.2 Å². The van der Waals surface area contributed by atoms with Crippen molar-refractivity contribution in [2.45, 2.75) is 32.6 Å². The van der Waals surface area contributed by atoms with Gasteiger partial charge in [-0.25, -0.2) is 5.84 Å². The largest absolute Gasteiger partial charge is 0.477 e. The Kier molecular flexibility index (Phi) is 4.30. The van der Waals surface area contributed by atoms with E-state index in [2.05, 4.69) is 32.5 Å². The van der Waals surface area contributed by atoms with Crippen LogP contribution in [0.4, 0.5) is 5.95 Å². The molecule has 2 heterocycles. The molecule has 0 bridgehead atoms. The molecule has 0 atom stereocenters. The standard InChI is InChI=1S/C11H18N6O/c1-2-3-4-5-6-18-10-8-7-13-17-9(8)14-11(15-10)16-12/h7H,2-6,12H2,1H3,(H2,13,14,15,16,17). The number of nitrogens with two attached hydrogens (primary N) is 1. The Morgan fingerprint density at radius 3 is 3.00 bits per heavy atom. The summed E-state index contributed by atoms with van der Waals surface area (Å²) in [6.07, 6.45) is 6.27. The van der Waals surface area contributed by atoms with Crippen LogP contribution in [0.25, 0.3) is 11.0 Å². The molecule has 0 aliphatic heterocycles. The van der Waals surface area contributed by atoms with Crippen LogP contribution < -0.4 is 16.0 Å². The predicted molar refractivity (Wildman–Crippen MR) is 69.1 cm³/mol. The first kappa shape index (κ1) is 12.6. The number of rotatable bonds is 7. The lowest BCUT2D eigenvalue weighted by molar-refractivity contribution is 0.297. The second kappa shape index (κ2) is 6.15. The van der Waals surface area contributed by atoms with Crippen molar-refractivity contribution >= 4 is 17.0 Å². The lowest BCUT2D eigenvalue weighted by atomic mass is 10.2. The molecule has 0 saturated carbocycles. The van der Waals surface area contributed by atoms with Gasteiger partial charge >= 0.3 is 0 Å². The Morgan fingerprint density at radius 1 is 1.33 bits per heavy atom. The van der Waals surface area contributed by atoms with Crippen LogP contribution in [0.1, 0.15) is 32.6 Å². The maximum Gasteiger partial charge on any atom is 0.242 e. The van der Waals surface area contributed by atoms with Gasteiger partial charge in [0.15, 0.2) is 5.65 Å². The highest BCUT2D eigenvalue weighted by atomic mass is 16.5. The molecule has 0 saturated heterocycles.